The average molecular weight is 533 g/mol. The summed E-state index contributed by atoms with van der Waals surface area (Å²) >= 11 is 0. The smallest absolute Gasteiger partial charge is 0.191 e. The molecule has 0 saturated carbocycles. The lowest BCUT2D eigenvalue weighted by Gasteiger charge is -2.21. The second-order valence-electron chi connectivity index (χ2n) is 7.45. The molecule has 172 valence electrons. The van der Waals surface area contributed by atoms with Crippen molar-refractivity contribution >= 4 is 29.9 Å². The number of benzene rings is 1. The monoisotopic (exact) mass is 533 g/mol. The summed E-state index contributed by atoms with van der Waals surface area (Å²) in [5.41, 5.74) is 1.25. The average Bonchev–Trinajstić information content (AvgIpc) is 2.94. The first kappa shape index (κ1) is 26.8. The van der Waals surface area contributed by atoms with E-state index in [1.165, 1.54) is 25.1 Å². The highest BCUT2D eigenvalue weighted by Gasteiger charge is 2.11. The van der Waals surface area contributed by atoms with E-state index in [-0.39, 0.29) is 24.0 Å². The number of methoxy groups -OCH3 is 1. The highest BCUT2D eigenvalue weighted by molar-refractivity contribution is 14.0. The zero-order valence-electron chi connectivity index (χ0n) is 19.1. The molecule has 2 rings (SSSR count). The van der Waals surface area contributed by atoms with Gasteiger partial charge in [-0.2, -0.15) is 0 Å². The number of nitrogens with one attached hydrogen (secondary N) is 2. The van der Waals surface area contributed by atoms with Crippen LogP contribution in [0.15, 0.2) is 23.2 Å². The maximum Gasteiger partial charge on any atom is 0.191 e. The Morgan fingerprint density at radius 1 is 1.10 bits per heavy atom. The molecule has 0 radical (unpaired) electrons. The number of ether oxygens (including phenoxy) is 2. The topological polar surface area (TPSA) is 61.4 Å². The number of nitrogens with zero attached hydrogens (tertiary/aromatic N) is 3. The van der Waals surface area contributed by atoms with Crippen LogP contribution in [0.1, 0.15) is 25.3 Å². The predicted octanol–water partition coefficient (Wildman–Crippen LogP) is 2.45. The molecule has 1 aromatic carbocycles. The van der Waals surface area contributed by atoms with Crippen molar-refractivity contribution in [2.45, 2.75) is 26.2 Å². The molecule has 1 fully saturated rings. The van der Waals surface area contributed by atoms with Gasteiger partial charge >= 0.3 is 0 Å². The van der Waals surface area contributed by atoms with Gasteiger partial charge in [-0.25, -0.2) is 0 Å². The molecule has 1 aliphatic rings. The van der Waals surface area contributed by atoms with Crippen LogP contribution in [-0.2, 0) is 6.42 Å². The van der Waals surface area contributed by atoms with Crippen LogP contribution in [0.4, 0.5) is 0 Å². The number of hydrogen-bond donors (Lipinski definition) is 2. The number of aliphatic imine (C=N–C) groups is 1. The molecule has 0 spiro atoms. The predicted molar refractivity (Wildman–Crippen MR) is 136 cm³/mol. The van der Waals surface area contributed by atoms with Crippen molar-refractivity contribution in [3.8, 4) is 11.5 Å². The van der Waals surface area contributed by atoms with E-state index >= 15 is 0 Å². The molecule has 7 nitrogen and oxygen atoms in total. The quantitative estimate of drug-likeness (QED) is 0.209. The Morgan fingerprint density at radius 3 is 2.63 bits per heavy atom. The van der Waals surface area contributed by atoms with Gasteiger partial charge in [-0.3, -0.25) is 4.99 Å². The molecule has 0 unspecified atom stereocenters. The zero-order valence-corrected chi connectivity index (χ0v) is 21.4. The van der Waals surface area contributed by atoms with Crippen molar-refractivity contribution in [2.24, 2.45) is 4.99 Å². The van der Waals surface area contributed by atoms with Crippen molar-refractivity contribution in [2.75, 3.05) is 73.6 Å². The molecule has 0 aliphatic carbocycles. The molecule has 2 N–H and O–H groups in total. The van der Waals surface area contributed by atoms with Crippen molar-refractivity contribution < 1.29 is 9.47 Å². The molecular formula is C22H40IN5O2. The Kier molecular flexibility index (Phi) is 13.9. The first-order valence-electron chi connectivity index (χ1n) is 10.8. The number of rotatable bonds is 10. The minimum absolute atomic E-state index is 0. The molecule has 1 heterocycles. The summed E-state index contributed by atoms with van der Waals surface area (Å²) in [6.07, 6.45) is 3.26. The first-order valence-corrected chi connectivity index (χ1v) is 10.8. The number of likely N-dealkylation sites (N-methyl/N-ethyl adjacent to an activating group) is 1. The first-order chi connectivity index (χ1) is 14.2. The van der Waals surface area contributed by atoms with Gasteiger partial charge in [0.05, 0.1) is 13.7 Å². The molecule has 30 heavy (non-hydrogen) atoms. The molecule has 0 atom stereocenters. The van der Waals surface area contributed by atoms with Crippen LogP contribution in [-0.4, -0.2) is 89.4 Å². The summed E-state index contributed by atoms with van der Waals surface area (Å²) < 4.78 is 11.0. The standard InChI is InChI=1S/C22H39N5O2.HI/c1-5-29-21-18-19(9-10-20(21)28-4)8-6-11-24-22(23-2)25-12-15-27-14-7-13-26(3)16-17-27;/h9-10,18H,5-8,11-17H2,1-4H3,(H2,23,24,25);1H. The second kappa shape index (κ2) is 15.5. The lowest BCUT2D eigenvalue weighted by molar-refractivity contribution is 0.280. The van der Waals surface area contributed by atoms with Crippen LogP contribution in [0.25, 0.3) is 0 Å². The van der Waals surface area contributed by atoms with E-state index in [1.807, 2.05) is 20.0 Å². The third-order valence-corrected chi connectivity index (χ3v) is 5.22. The van der Waals surface area contributed by atoms with Crippen LogP contribution in [0.2, 0.25) is 0 Å². The lowest BCUT2D eigenvalue weighted by Crippen LogP contribution is -2.42. The fraction of sp³-hybridized carbons (Fsp3) is 0.682. The summed E-state index contributed by atoms with van der Waals surface area (Å²) in [6.45, 7) is 10.2. The fourth-order valence-corrected chi connectivity index (χ4v) is 3.52. The van der Waals surface area contributed by atoms with Gasteiger partial charge in [-0.05, 0) is 64.0 Å². The van der Waals surface area contributed by atoms with Crippen LogP contribution >= 0.6 is 24.0 Å². The van der Waals surface area contributed by atoms with E-state index in [9.17, 15) is 0 Å². The summed E-state index contributed by atoms with van der Waals surface area (Å²) in [5.74, 6) is 2.48. The maximum absolute atomic E-state index is 5.66. The number of aryl methyl sites for hydroxylation is 1. The Morgan fingerprint density at radius 2 is 1.90 bits per heavy atom. The molecule has 0 amide bonds. The van der Waals surface area contributed by atoms with Gasteiger partial charge in [0.2, 0.25) is 0 Å². The van der Waals surface area contributed by atoms with Crippen LogP contribution < -0.4 is 20.1 Å². The van der Waals surface area contributed by atoms with E-state index in [1.54, 1.807) is 7.11 Å². The van der Waals surface area contributed by atoms with Gasteiger partial charge in [0, 0.05) is 39.8 Å². The summed E-state index contributed by atoms with van der Waals surface area (Å²) in [7, 11) is 5.70. The lowest BCUT2D eigenvalue weighted by atomic mass is 10.1. The van der Waals surface area contributed by atoms with E-state index in [2.05, 4.69) is 44.6 Å². The zero-order chi connectivity index (χ0) is 20.9. The van der Waals surface area contributed by atoms with Gasteiger partial charge < -0.3 is 29.9 Å². The Hall–Kier alpha value is -1.26. The highest BCUT2D eigenvalue weighted by atomic mass is 127. The van der Waals surface area contributed by atoms with E-state index in [0.29, 0.717) is 6.61 Å². The number of hydrogen-bond acceptors (Lipinski definition) is 5. The van der Waals surface area contributed by atoms with Gasteiger partial charge in [0.15, 0.2) is 17.5 Å². The largest absolute Gasteiger partial charge is 0.493 e. The van der Waals surface area contributed by atoms with Gasteiger partial charge in [-0.15, -0.1) is 24.0 Å². The summed E-state index contributed by atoms with van der Waals surface area (Å²) in [4.78, 5) is 9.28. The fourth-order valence-electron chi connectivity index (χ4n) is 3.52. The van der Waals surface area contributed by atoms with Gasteiger partial charge in [-0.1, -0.05) is 6.07 Å². The van der Waals surface area contributed by atoms with Crippen molar-refractivity contribution in [3.63, 3.8) is 0 Å². The third kappa shape index (κ3) is 9.70. The van der Waals surface area contributed by atoms with E-state index < -0.39 is 0 Å². The van der Waals surface area contributed by atoms with Crippen LogP contribution in [0.5, 0.6) is 11.5 Å². The Balaban J connectivity index is 0.00000450. The molecule has 8 heteroatoms. The Labute approximate surface area is 199 Å². The van der Waals surface area contributed by atoms with Gasteiger partial charge in [0.25, 0.3) is 0 Å². The van der Waals surface area contributed by atoms with E-state index in [0.717, 1.165) is 63.0 Å². The molecule has 0 bridgehead atoms. The normalized spacial score (nSPS) is 15.8. The molecule has 1 aliphatic heterocycles. The minimum atomic E-state index is 0. The number of guanidine groups is 1. The second-order valence-corrected chi connectivity index (χ2v) is 7.45. The SMILES string of the molecule is CCOc1cc(CCCNC(=NC)NCCN2CCCN(C)CC2)ccc1OC.I. The summed E-state index contributed by atoms with van der Waals surface area (Å²) in [5, 5.41) is 6.85. The number of halogens is 1. The Bertz CT molecular complexity index is 630. The third-order valence-electron chi connectivity index (χ3n) is 5.22. The minimum Gasteiger partial charge on any atom is -0.493 e. The summed E-state index contributed by atoms with van der Waals surface area (Å²) in [6, 6.07) is 6.16. The van der Waals surface area contributed by atoms with Crippen LogP contribution in [0, 0.1) is 0 Å². The molecule has 1 aromatic rings. The molecule has 1 saturated heterocycles. The molecular weight excluding hydrogens is 493 g/mol. The maximum atomic E-state index is 5.66. The van der Waals surface area contributed by atoms with Crippen molar-refractivity contribution in [3.05, 3.63) is 23.8 Å². The highest BCUT2D eigenvalue weighted by Crippen LogP contribution is 2.28. The molecule has 0 aromatic heterocycles. The van der Waals surface area contributed by atoms with E-state index in [4.69, 9.17) is 9.47 Å². The van der Waals surface area contributed by atoms with Gasteiger partial charge in [0.1, 0.15) is 0 Å². The van der Waals surface area contributed by atoms with Crippen LogP contribution in [0.3, 0.4) is 0 Å². The van der Waals surface area contributed by atoms with Crippen molar-refractivity contribution in [1.82, 2.24) is 20.4 Å². The van der Waals surface area contributed by atoms with Crippen molar-refractivity contribution in [1.29, 1.82) is 0 Å².